The van der Waals surface area contributed by atoms with Gasteiger partial charge in [0.25, 0.3) is 0 Å². The molecule has 0 heterocycles. The van der Waals surface area contributed by atoms with Gasteiger partial charge in [0.15, 0.2) is 0 Å². The first kappa shape index (κ1) is 13.5. The van der Waals surface area contributed by atoms with Crippen LogP contribution in [-0.2, 0) is 0 Å². The molecule has 0 fully saturated rings. The lowest BCUT2D eigenvalue weighted by Crippen LogP contribution is -2.33. The second kappa shape index (κ2) is 5.65. The van der Waals surface area contributed by atoms with Crippen LogP contribution in [0.25, 0.3) is 0 Å². The average Bonchev–Trinajstić information content (AvgIpc) is 2.16. The van der Waals surface area contributed by atoms with Crippen molar-refractivity contribution in [3.8, 4) is 0 Å². The molecule has 0 aliphatic rings. The summed E-state index contributed by atoms with van der Waals surface area (Å²) in [7, 11) is 0. The Hall–Kier alpha value is -0.600. The van der Waals surface area contributed by atoms with Crippen LogP contribution in [0.2, 0.25) is 5.02 Å². The zero-order valence-corrected chi connectivity index (χ0v) is 11.0. The summed E-state index contributed by atoms with van der Waals surface area (Å²) in [6, 6.07) is 5.07. The van der Waals surface area contributed by atoms with Crippen molar-refractivity contribution in [3.63, 3.8) is 0 Å². The van der Waals surface area contributed by atoms with Crippen LogP contribution in [0.3, 0.4) is 0 Å². The van der Waals surface area contributed by atoms with E-state index in [2.05, 4.69) is 26.1 Å². The molecule has 2 atom stereocenters. The first-order valence-electron chi connectivity index (χ1n) is 5.62. The number of halogens is 2. The van der Waals surface area contributed by atoms with Gasteiger partial charge >= 0.3 is 0 Å². The molecule has 0 spiro atoms. The fourth-order valence-corrected chi connectivity index (χ4v) is 1.86. The maximum absolute atomic E-state index is 12.9. The number of hydrogen-bond donors (Lipinski definition) is 1. The Balaban J connectivity index is 2.76. The highest BCUT2D eigenvalue weighted by Gasteiger charge is 2.14. The Morgan fingerprint density at radius 3 is 2.31 bits per heavy atom. The van der Waals surface area contributed by atoms with Crippen molar-refractivity contribution in [1.29, 1.82) is 0 Å². The maximum atomic E-state index is 12.9. The molecule has 0 saturated heterocycles. The van der Waals surface area contributed by atoms with E-state index in [1.165, 1.54) is 12.1 Å². The molecule has 0 aliphatic carbocycles. The summed E-state index contributed by atoms with van der Waals surface area (Å²) in [5.41, 5.74) is 0.940. The summed E-state index contributed by atoms with van der Waals surface area (Å²) in [6.07, 6.45) is 0. The van der Waals surface area contributed by atoms with Crippen molar-refractivity contribution >= 4 is 11.6 Å². The van der Waals surface area contributed by atoms with Gasteiger partial charge in [-0.2, -0.15) is 0 Å². The number of benzene rings is 1. The predicted molar refractivity (Wildman–Crippen MR) is 67.3 cm³/mol. The first-order valence-corrected chi connectivity index (χ1v) is 6.00. The predicted octanol–water partition coefficient (Wildman–Crippen LogP) is 4.17. The number of rotatable bonds is 4. The molecule has 0 amide bonds. The molecule has 1 nitrogen and oxygen atoms in total. The molecule has 1 rings (SSSR count). The van der Waals surface area contributed by atoms with E-state index in [0.29, 0.717) is 17.0 Å². The highest BCUT2D eigenvalue weighted by molar-refractivity contribution is 6.31. The van der Waals surface area contributed by atoms with Crippen molar-refractivity contribution in [2.75, 3.05) is 0 Å². The van der Waals surface area contributed by atoms with E-state index in [0.717, 1.165) is 5.56 Å². The lowest BCUT2D eigenvalue weighted by molar-refractivity contribution is 0.389. The molecule has 1 aromatic carbocycles. The van der Waals surface area contributed by atoms with E-state index in [-0.39, 0.29) is 11.9 Å². The molecule has 90 valence electrons. The Bertz CT molecular complexity index is 352. The number of nitrogens with one attached hydrogen (secondary N) is 1. The van der Waals surface area contributed by atoms with Gasteiger partial charge in [0, 0.05) is 17.1 Å². The second-order valence-electron chi connectivity index (χ2n) is 4.59. The topological polar surface area (TPSA) is 12.0 Å². The van der Waals surface area contributed by atoms with Crippen LogP contribution < -0.4 is 5.32 Å². The third kappa shape index (κ3) is 3.46. The van der Waals surface area contributed by atoms with Crippen LogP contribution in [-0.4, -0.2) is 6.04 Å². The molecular weight excluding hydrogens is 225 g/mol. The maximum Gasteiger partial charge on any atom is 0.124 e. The fourth-order valence-electron chi connectivity index (χ4n) is 1.53. The minimum absolute atomic E-state index is 0.130. The molecule has 0 bridgehead atoms. The van der Waals surface area contributed by atoms with Gasteiger partial charge in [-0.05, 0) is 37.5 Å². The zero-order valence-electron chi connectivity index (χ0n) is 10.2. The summed E-state index contributed by atoms with van der Waals surface area (Å²) in [5.74, 6) is 0.263. The Labute approximate surface area is 102 Å². The van der Waals surface area contributed by atoms with Gasteiger partial charge in [-0.25, -0.2) is 4.39 Å². The molecule has 1 N–H and O–H groups in total. The Kier molecular flexibility index (Phi) is 4.75. The van der Waals surface area contributed by atoms with Gasteiger partial charge in [0.1, 0.15) is 5.82 Å². The Morgan fingerprint density at radius 1 is 1.19 bits per heavy atom. The van der Waals surface area contributed by atoms with Crippen molar-refractivity contribution < 1.29 is 4.39 Å². The molecule has 0 radical (unpaired) electrons. The SMILES string of the molecule is CC(NC(C)C(C)C)c1ccc(F)cc1Cl. The van der Waals surface area contributed by atoms with Gasteiger partial charge in [-0.3, -0.25) is 0 Å². The van der Waals surface area contributed by atoms with E-state index in [1.807, 2.05) is 6.92 Å². The third-order valence-electron chi connectivity index (χ3n) is 2.94. The minimum atomic E-state index is -0.294. The van der Waals surface area contributed by atoms with Gasteiger partial charge in [-0.15, -0.1) is 0 Å². The minimum Gasteiger partial charge on any atom is -0.307 e. The van der Waals surface area contributed by atoms with Crippen LogP contribution >= 0.6 is 11.6 Å². The van der Waals surface area contributed by atoms with E-state index in [1.54, 1.807) is 6.07 Å². The smallest absolute Gasteiger partial charge is 0.124 e. The normalized spacial score (nSPS) is 15.2. The standard InChI is InChI=1S/C13H19ClFN/c1-8(2)9(3)16-10(4)12-6-5-11(15)7-13(12)14/h5-10,16H,1-4H3. The summed E-state index contributed by atoms with van der Waals surface area (Å²) < 4.78 is 12.9. The summed E-state index contributed by atoms with van der Waals surface area (Å²) >= 11 is 6.01. The fraction of sp³-hybridized carbons (Fsp3) is 0.538. The highest BCUT2D eigenvalue weighted by atomic mass is 35.5. The molecule has 0 aromatic heterocycles. The quantitative estimate of drug-likeness (QED) is 0.837. The van der Waals surface area contributed by atoms with Crippen molar-refractivity contribution in [2.45, 2.75) is 39.8 Å². The molecule has 3 heteroatoms. The summed E-state index contributed by atoms with van der Waals surface area (Å²) in [4.78, 5) is 0. The van der Waals surface area contributed by atoms with Gasteiger partial charge in [0.05, 0.1) is 0 Å². The Morgan fingerprint density at radius 2 is 1.81 bits per heavy atom. The second-order valence-corrected chi connectivity index (χ2v) is 4.99. The highest BCUT2D eigenvalue weighted by Crippen LogP contribution is 2.24. The molecule has 16 heavy (non-hydrogen) atoms. The van der Waals surface area contributed by atoms with E-state index < -0.39 is 0 Å². The first-order chi connectivity index (χ1) is 7.41. The van der Waals surface area contributed by atoms with Gasteiger partial charge < -0.3 is 5.32 Å². The van der Waals surface area contributed by atoms with Crippen LogP contribution in [0.4, 0.5) is 4.39 Å². The van der Waals surface area contributed by atoms with Gasteiger partial charge in [0.2, 0.25) is 0 Å². The molecule has 0 saturated carbocycles. The molecule has 1 aromatic rings. The van der Waals surface area contributed by atoms with Crippen molar-refractivity contribution in [1.82, 2.24) is 5.32 Å². The largest absolute Gasteiger partial charge is 0.307 e. The van der Waals surface area contributed by atoms with Crippen LogP contribution in [0.5, 0.6) is 0 Å². The van der Waals surface area contributed by atoms with E-state index in [9.17, 15) is 4.39 Å². The van der Waals surface area contributed by atoms with E-state index in [4.69, 9.17) is 11.6 Å². The van der Waals surface area contributed by atoms with Gasteiger partial charge in [-0.1, -0.05) is 31.5 Å². The molecule has 0 aliphatic heterocycles. The summed E-state index contributed by atoms with van der Waals surface area (Å²) in [6.45, 7) is 8.50. The molecule has 2 unspecified atom stereocenters. The third-order valence-corrected chi connectivity index (χ3v) is 3.27. The van der Waals surface area contributed by atoms with E-state index >= 15 is 0 Å². The van der Waals surface area contributed by atoms with Crippen LogP contribution in [0.1, 0.15) is 39.3 Å². The zero-order chi connectivity index (χ0) is 12.3. The lowest BCUT2D eigenvalue weighted by atomic mass is 10.0. The van der Waals surface area contributed by atoms with Crippen molar-refractivity contribution in [2.24, 2.45) is 5.92 Å². The van der Waals surface area contributed by atoms with Crippen molar-refractivity contribution in [3.05, 3.63) is 34.6 Å². The molecular formula is C13H19ClFN. The van der Waals surface area contributed by atoms with Crippen LogP contribution in [0.15, 0.2) is 18.2 Å². The summed E-state index contributed by atoms with van der Waals surface area (Å²) in [5, 5.41) is 3.93. The lowest BCUT2D eigenvalue weighted by Gasteiger charge is -2.23. The van der Waals surface area contributed by atoms with Crippen LogP contribution in [0, 0.1) is 11.7 Å². The number of hydrogen-bond acceptors (Lipinski definition) is 1. The average molecular weight is 244 g/mol. The monoisotopic (exact) mass is 243 g/mol.